The van der Waals surface area contributed by atoms with Gasteiger partial charge < -0.3 is 18.1 Å². The van der Waals surface area contributed by atoms with E-state index in [1.807, 2.05) is 42.5 Å². The van der Waals surface area contributed by atoms with E-state index in [2.05, 4.69) is 226 Å². The molecule has 0 aliphatic rings. The van der Waals surface area contributed by atoms with Crippen LogP contribution in [0.4, 0.5) is 0 Å². The summed E-state index contributed by atoms with van der Waals surface area (Å²) in [4.78, 5) is 15.8. The molecule has 0 amide bonds. The summed E-state index contributed by atoms with van der Waals surface area (Å²) in [5.74, 6) is 1.68. The van der Waals surface area contributed by atoms with Crippen LogP contribution in [0.1, 0.15) is 0 Å². The van der Waals surface area contributed by atoms with Crippen molar-refractivity contribution in [2.45, 2.75) is 0 Å². The molecule has 5 aromatic heterocycles. The van der Waals surface area contributed by atoms with Gasteiger partial charge in [-0.25, -0.2) is 15.0 Å². The molecule has 0 atom stereocenters. The maximum absolute atomic E-state index is 7.13. The van der Waals surface area contributed by atoms with Crippen LogP contribution >= 0.6 is 0 Å². The zero-order chi connectivity index (χ0) is 49.8. The first-order valence-corrected chi connectivity index (χ1v) is 25.7. The first-order valence-electron chi connectivity index (χ1n) is 25.7. The highest BCUT2D eigenvalue weighted by Gasteiger charge is 2.28. The van der Waals surface area contributed by atoms with E-state index in [1.54, 1.807) is 0 Å². The highest BCUT2D eigenvalue weighted by atomic mass is 16.3. The SMILES string of the molecule is c1ccc(-c2cccc(-c3nc(-c4ccccc4)nc(-c4ccc(-n5c6ccccc6c6cc(-n7c8ccccc8c8ccccc87)c7c8ccccc8n(-c8ccccc8)c7c65)c5c4oc4ccccc45)n3)c2)cc1. The molecule has 0 fully saturated rings. The molecule has 16 rings (SSSR count). The fourth-order valence-corrected chi connectivity index (χ4v) is 12.0. The van der Waals surface area contributed by atoms with Crippen LogP contribution < -0.4 is 0 Å². The third-order valence-electron chi connectivity index (χ3n) is 15.3. The highest BCUT2D eigenvalue weighted by Crippen LogP contribution is 2.48. The fraction of sp³-hybridized carbons (Fsp3) is 0. The second-order valence-corrected chi connectivity index (χ2v) is 19.5. The zero-order valence-electron chi connectivity index (χ0n) is 40.8. The van der Waals surface area contributed by atoms with E-state index in [0.29, 0.717) is 23.1 Å². The van der Waals surface area contributed by atoms with Crippen LogP contribution in [0, 0.1) is 0 Å². The standard InChI is InChI=1S/C69H42N6O/c1-4-21-43(22-5-1)45-25-20-26-46(41-45)68-70-67(44-23-6-2-7-24-44)71-69(72-68)53-39-40-59(63-52-33-14-19-38-61(52)76-66(53)63)75-57-36-17-12-31-50(57)54-42-60(74-55-34-15-10-29-48(55)49-30-11-16-35-56(49)74)62-51-32-13-18-37-58(51)73(65(62)64(54)75)47-27-8-3-9-28-47/h1-42H. The summed E-state index contributed by atoms with van der Waals surface area (Å²) in [5.41, 5.74) is 16.1. The Hall–Kier alpha value is -10.4. The molecule has 16 aromatic rings. The summed E-state index contributed by atoms with van der Waals surface area (Å²) in [6, 6.07) is 90.3. The molecule has 354 valence electrons. The van der Waals surface area contributed by atoms with Gasteiger partial charge in [0.1, 0.15) is 11.2 Å². The van der Waals surface area contributed by atoms with Crippen LogP contribution in [-0.4, -0.2) is 28.7 Å². The Morgan fingerprint density at radius 3 is 1.47 bits per heavy atom. The molecule has 0 N–H and O–H groups in total. The summed E-state index contributed by atoms with van der Waals surface area (Å²) in [7, 11) is 0. The van der Waals surface area contributed by atoms with Gasteiger partial charge in [0.15, 0.2) is 17.5 Å². The molecular formula is C69H42N6O. The van der Waals surface area contributed by atoms with Gasteiger partial charge in [-0.05, 0) is 77.9 Å². The topological polar surface area (TPSA) is 66.6 Å². The Kier molecular flexibility index (Phi) is 9.20. The second kappa shape index (κ2) is 16.6. The average molecular weight is 971 g/mol. The molecule has 0 saturated heterocycles. The van der Waals surface area contributed by atoms with Crippen LogP contribution in [0.3, 0.4) is 0 Å². The number of benzene rings is 11. The summed E-state index contributed by atoms with van der Waals surface area (Å²) in [5, 5.41) is 9.01. The number of para-hydroxylation sites is 6. The minimum absolute atomic E-state index is 0.522. The molecule has 7 heteroatoms. The van der Waals surface area contributed by atoms with Gasteiger partial charge in [0.05, 0.1) is 55.4 Å². The highest BCUT2D eigenvalue weighted by molar-refractivity contribution is 6.28. The smallest absolute Gasteiger partial charge is 0.167 e. The molecule has 11 aromatic carbocycles. The van der Waals surface area contributed by atoms with E-state index < -0.39 is 0 Å². The summed E-state index contributed by atoms with van der Waals surface area (Å²) >= 11 is 0. The number of fused-ring (bicyclic) bond motifs is 13. The molecule has 0 bridgehead atoms. The molecule has 7 nitrogen and oxygen atoms in total. The van der Waals surface area contributed by atoms with Crippen LogP contribution in [0.15, 0.2) is 259 Å². The van der Waals surface area contributed by atoms with Crippen LogP contribution in [0.5, 0.6) is 0 Å². The van der Waals surface area contributed by atoms with E-state index in [-0.39, 0.29) is 0 Å². The summed E-state index contributed by atoms with van der Waals surface area (Å²) < 4.78 is 14.6. The van der Waals surface area contributed by atoms with Gasteiger partial charge in [0, 0.05) is 54.5 Å². The normalized spacial score (nSPS) is 11.9. The van der Waals surface area contributed by atoms with Gasteiger partial charge in [-0.2, -0.15) is 0 Å². The van der Waals surface area contributed by atoms with Gasteiger partial charge in [-0.15, -0.1) is 0 Å². The third kappa shape index (κ3) is 6.26. The number of rotatable bonds is 7. The van der Waals surface area contributed by atoms with Crippen molar-refractivity contribution in [3.63, 3.8) is 0 Å². The number of aromatic nitrogens is 6. The average Bonchev–Trinajstić information content (AvgIpc) is 4.43. The maximum atomic E-state index is 7.13. The number of hydrogen-bond donors (Lipinski definition) is 0. The molecule has 5 heterocycles. The molecule has 0 unspecified atom stereocenters. The lowest BCUT2D eigenvalue weighted by Crippen LogP contribution is -2.02. The Morgan fingerprint density at radius 2 is 0.789 bits per heavy atom. The Labute approximate surface area is 435 Å². The van der Waals surface area contributed by atoms with Crippen LogP contribution in [-0.2, 0) is 0 Å². The Morgan fingerprint density at radius 1 is 0.289 bits per heavy atom. The third-order valence-corrected chi connectivity index (χ3v) is 15.3. The van der Waals surface area contributed by atoms with Crippen molar-refractivity contribution >= 4 is 87.4 Å². The van der Waals surface area contributed by atoms with Crippen molar-refractivity contribution in [3.05, 3.63) is 255 Å². The van der Waals surface area contributed by atoms with Gasteiger partial charge in [-0.3, -0.25) is 0 Å². The summed E-state index contributed by atoms with van der Waals surface area (Å²) in [6.45, 7) is 0. The van der Waals surface area contributed by atoms with E-state index in [9.17, 15) is 0 Å². The number of nitrogens with zero attached hydrogens (tertiary/aromatic N) is 6. The lowest BCUT2D eigenvalue weighted by Gasteiger charge is -2.16. The zero-order valence-corrected chi connectivity index (χ0v) is 40.8. The largest absolute Gasteiger partial charge is 0.455 e. The number of hydrogen-bond acceptors (Lipinski definition) is 4. The molecular weight excluding hydrogens is 929 g/mol. The first-order chi connectivity index (χ1) is 37.7. The van der Waals surface area contributed by atoms with Gasteiger partial charge in [0.25, 0.3) is 0 Å². The second-order valence-electron chi connectivity index (χ2n) is 19.5. The van der Waals surface area contributed by atoms with Gasteiger partial charge in [-0.1, -0.05) is 188 Å². The molecule has 76 heavy (non-hydrogen) atoms. The maximum Gasteiger partial charge on any atom is 0.167 e. The van der Waals surface area contributed by atoms with Crippen molar-refractivity contribution in [1.29, 1.82) is 0 Å². The molecule has 0 aliphatic heterocycles. The molecule has 0 radical (unpaired) electrons. The minimum Gasteiger partial charge on any atom is -0.455 e. The fourth-order valence-electron chi connectivity index (χ4n) is 12.0. The van der Waals surface area contributed by atoms with Crippen molar-refractivity contribution in [2.75, 3.05) is 0 Å². The first kappa shape index (κ1) is 42.2. The lowest BCUT2D eigenvalue weighted by molar-refractivity contribution is 0.669. The van der Waals surface area contributed by atoms with Crippen molar-refractivity contribution in [2.24, 2.45) is 0 Å². The van der Waals surface area contributed by atoms with Crippen LogP contribution in [0.2, 0.25) is 0 Å². The van der Waals surface area contributed by atoms with Gasteiger partial charge in [0.2, 0.25) is 0 Å². The monoisotopic (exact) mass is 970 g/mol. The van der Waals surface area contributed by atoms with E-state index >= 15 is 0 Å². The Bertz CT molecular complexity index is 4940. The van der Waals surface area contributed by atoms with E-state index in [0.717, 1.165) is 110 Å². The Balaban J connectivity index is 1.03. The van der Waals surface area contributed by atoms with Gasteiger partial charge >= 0.3 is 0 Å². The van der Waals surface area contributed by atoms with Crippen LogP contribution in [0.25, 0.3) is 150 Å². The minimum atomic E-state index is 0.522. The molecule has 0 saturated carbocycles. The summed E-state index contributed by atoms with van der Waals surface area (Å²) in [6.07, 6.45) is 0. The predicted octanol–water partition coefficient (Wildman–Crippen LogP) is 17.7. The predicted molar refractivity (Wildman–Crippen MR) is 312 cm³/mol. The lowest BCUT2D eigenvalue weighted by atomic mass is 10.0. The van der Waals surface area contributed by atoms with Crippen molar-refractivity contribution < 1.29 is 4.42 Å². The van der Waals surface area contributed by atoms with Crippen molar-refractivity contribution in [1.82, 2.24) is 28.7 Å². The van der Waals surface area contributed by atoms with E-state index in [1.165, 1.54) is 16.2 Å². The molecule has 0 spiro atoms. The van der Waals surface area contributed by atoms with Crippen molar-refractivity contribution in [3.8, 4) is 62.4 Å². The van der Waals surface area contributed by atoms with E-state index in [4.69, 9.17) is 19.4 Å². The number of furan rings is 1. The quantitative estimate of drug-likeness (QED) is 0.160. The molecule has 0 aliphatic carbocycles.